The average molecular weight is 287 g/mol. The second-order valence-electron chi connectivity index (χ2n) is 4.63. The summed E-state index contributed by atoms with van der Waals surface area (Å²) in [6.07, 6.45) is 3.46. The van der Waals surface area contributed by atoms with Crippen LogP contribution in [0.2, 0.25) is 0 Å². The number of hydrogen-bond acceptors (Lipinski definition) is 4. The number of methoxy groups -OCH3 is 2. The zero-order chi connectivity index (χ0) is 15.4. The molecule has 0 atom stereocenters. The van der Waals surface area contributed by atoms with E-state index in [9.17, 15) is 9.59 Å². The van der Waals surface area contributed by atoms with Crippen molar-refractivity contribution in [2.24, 2.45) is 7.05 Å². The fraction of sp³-hybridized carbons (Fsp3) is 0.250. The molecule has 0 unspecified atom stereocenters. The summed E-state index contributed by atoms with van der Waals surface area (Å²) in [6, 6.07) is 7.84. The Balaban J connectivity index is 2.49. The number of fused-ring (bicyclic) bond motifs is 1. The normalized spacial score (nSPS) is 11.5. The maximum absolute atomic E-state index is 11.8. The third-order valence-electron chi connectivity index (χ3n) is 3.27. The van der Waals surface area contributed by atoms with Gasteiger partial charge >= 0.3 is 11.9 Å². The van der Waals surface area contributed by atoms with E-state index in [1.54, 1.807) is 6.08 Å². The van der Waals surface area contributed by atoms with Gasteiger partial charge in [-0.05, 0) is 12.1 Å². The Labute approximate surface area is 122 Å². The van der Waals surface area contributed by atoms with Crippen molar-refractivity contribution in [2.45, 2.75) is 6.42 Å². The van der Waals surface area contributed by atoms with Crippen molar-refractivity contribution >= 4 is 28.9 Å². The van der Waals surface area contributed by atoms with Crippen LogP contribution in [0.3, 0.4) is 0 Å². The highest BCUT2D eigenvalue weighted by atomic mass is 16.5. The summed E-state index contributed by atoms with van der Waals surface area (Å²) in [5.74, 6) is -1.01. The number of carbonyl (C=O) groups excluding carboxylic acids is 2. The van der Waals surface area contributed by atoms with E-state index in [-0.39, 0.29) is 12.0 Å². The number of para-hydroxylation sites is 1. The maximum Gasteiger partial charge on any atom is 0.334 e. The number of nitrogens with zero attached hydrogens (tertiary/aromatic N) is 1. The molecule has 5 heteroatoms. The van der Waals surface area contributed by atoms with Gasteiger partial charge in [0.2, 0.25) is 0 Å². The molecule has 2 rings (SSSR count). The summed E-state index contributed by atoms with van der Waals surface area (Å²) in [4.78, 5) is 23.2. The van der Waals surface area contributed by atoms with Gasteiger partial charge in [0.1, 0.15) is 0 Å². The van der Waals surface area contributed by atoms with Crippen molar-refractivity contribution in [3.05, 3.63) is 41.6 Å². The standard InChI is InChI=1S/C16H17NO4/c1-17-10-12(13-6-4-5-7-14(13)17)8-11(16(19)21-3)9-15(18)20-2/h4-8,10H,9H2,1-3H3/b11-8+. The molecule has 5 nitrogen and oxygen atoms in total. The van der Waals surface area contributed by atoms with Gasteiger partial charge in [0, 0.05) is 35.3 Å². The second kappa shape index (κ2) is 6.26. The number of carbonyl (C=O) groups is 2. The molecule has 0 radical (unpaired) electrons. The van der Waals surface area contributed by atoms with Gasteiger partial charge in [-0.25, -0.2) is 4.79 Å². The number of aryl methyl sites for hydroxylation is 1. The van der Waals surface area contributed by atoms with Crippen LogP contribution in [0.1, 0.15) is 12.0 Å². The minimum absolute atomic E-state index is 0.119. The summed E-state index contributed by atoms with van der Waals surface area (Å²) in [5, 5.41) is 1.01. The summed E-state index contributed by atoms with van der Waals surface area (Å²) in [7, 11) is 4.50. The lowest BCUT2D eigenvalue weighted by molar-refractivity contribution is -0.143. The highest BCUT2D eigenvalue weighted by Crippen LogP contribution is 2.23. The van der Waals surface area contributed by atoms with Crippen molar-refractivity contribution in [3.63, 3.8) is 0 Å². The minimum atomic E-state index is -0.534. The summed E-state index contributed by atoms with van der Waals surface area (Å²) in [5.41, 5.74) is 2.17. The van der Waals surface area contributed by atoms with Crippen molar-refractivity contribution in [1.29, 1.82) is 0 Å². The highest BCUT2D eigenvalue weighted by molar-refractivity contribution is 6.01. The Morgan fingerprint density at radius 3 is 2.57 bits per heavy atom. The van der Waals surface area contributed by atoms with Gasteiger partial charge in [0.25, 0.3) is 0 Å². The number of rotatable bonds is 4. The predicted octanol–water partition coefficient (Wildman–Crippen LogP) is 2.30. The van der Waals surface area contributed by atoms with E-state index in [4.69, 9.17) is 4.74 Å². The third-order valence-corrected chi connectivity index (χ3v) is 3.27. The highest BCUT2D eigenvalue weighted by Gasteiger charge is 2.16. The Morgan fingerprint density at radius 2 is 1.90 bits per heavy atom. The molecule has 2 aromatic rings. The van der Waals surface area contributed by atoms with Crippen molar-refractivity contribution in [3.8, 4) is 0 Å². The fourth-order valence-corrected chi connectivity index (χ4v) is 2.22. The summed E-state index contributed by atoms with van der Waals surface area (Å²) in [6.45, 7) is 0. The van der Waals surface area contributed by atoms with Gasteiger partial charge in [-0.3, -0.25) is 4.79 Å². The first kappa shape index (κ1) is 14.8. The van der Waals surface area contributed by atoms with Crippen LogP contribution >= 0.6 is 0 Å². The Hall–Kier alpha value is -2.56. The van der Waals surface area contributed by atoms with Gasteiger partial charge in [-0.2, -0.15) is 0 Å². The Kier molecular flexibility index (Phi) is 4.42. The predicted molar refractivity (Wildman–Crippen MR) is 79.5 cm³/mol. The van der Waals surface area contributed by atoms with Gasteiger partial charge in [0.15, 0.2) is 0 Å². The van der Waals surface area contributed by atoms with Crippen LogP contribution in [-0.2, 0) is 26.1 Å². The van der Waals surface area contributed by atoms with E-state index in [2.05, 4.69) is 4.74 Å². The molecule has 0 N–H and O–H groups in total. The molecule has 0 saturated heterocycles. The lowest BCUT2D eigenvalue weighted by atomic mass is 10.1. The molecule has 1 heterocycles. The first-order valence-electron chi connectivity index (χ1n) is 6.46. The van der Waals surface area contributed by atoms with Gasteiger partial charge in [-0.1, -0.05) is 18.2 Å². The lowest BCUT2D eigenvalue weighted by Gasteiger charge is -2.04. The zero-order valence-electron chi connectivity index (χ0n) is 12.3. The van der Waals surface area contributed by atoms with Crippen LogP contribution in [0.5, 0.6) is 0 Å². The molecule has 0 amide bonds. The van der Waals surface area contributed by atoms with E-state index < -0.39 is 11.9 Å². The van der Waals surface area contributed by atoms with E-state index in [1.807, 2.05) is 42.1 Å². The molecule has 0 aliphatic rings. The van der Waals surface area contributed by atoms with E-state index in [0.29, 0.717) is 0 Å². The van der Waals surface area contributed by atoms with Crippen molar-refractivity contribution in [2.75, 3.05) is 14.2 Å². The van der Waals surface area contributed by atoms with E-state index >= 15 is 0 Å². The van der Waals surface area contributed by atoms with E-state index in [0.717, 1.165) is 16.5 Å². The van der Waals surface area contributed by atoms with Gasteiger partial charge in [0.05, 0.1) is 20.6 Å². The maximum atomic E-state index is 11.8. The van der Waals surface area contributed by atoms with Crippen molar-refractivity contribution in [1.82, 2.24) is 4.57 Å². The molecule has 1 aromatic heterocycles. The average Bonchev–Trinajstić information content (AvgIpc) is 2.82. The number of benzene rings is 1. The quantitative estimate of drug-likeness (QED) is 0.639. The number of aromatic nitrogens is 1. The second-order valence-corrected chi connectivity index (χ2v) is 4.63. The molecule has 0 aliphatic heterocycles. The van der Waals surface area contributed by atoms with E-state index in [1.165, 1.54) is 14.2 Å². The first-order chi connectivity index (χ1) is 10.1. The molecule has 0 fully saturated rings. The number of ether oxygens (including phenoxy) is 2. The van der Waals surface area contributed by atoms with Crippen LogP contribution in [0.25, 0.3) is 17.0 Å². The molecule has 1 aromatic carbocycles. The molecule has 0 spiro atoms. The molecule has 0 bridgehead atoms. The SMILES string of the molecule is COC(=O)C/C(=C\c1cn(C)c2ccccc12)C(=O)OC. The third kappa shape index (κ3) is 3.13. The minimum Gasteiger partial charge on any atom is -0.469 e. The Morgan fingerprint density at radius 1 is 1.19 bits per heavy atom. The van der Waals surface area contributed by atoms with Gasteiger partial charge < -0.3 is 14.0 Å². The fourth-order valence-electron chi connectivity index (χ4n) is 2.22. The molecule has 0 saturated carbocycles. The van der Waals surface area contributed by atoms with Crippen LogP contribution in [0, 0.1) is 0 Å². The van der Waals surface area contributed by atoms with Gasteiger partial charge in [-0.15, -0.1) is 0 Å². The smallest absolute Gasteiger partial charge is 0.334 e. The first-order valence-corrected chi connectivity index (χ1v) is 6.46. The molecular formula is C16H17NO4. The lowest BCUT2D eigenvalue weighted by Crippen LogP contribution is -2.10. The zero-order valence-corrected chi connectivity index (χ0v) is 12.3. The number of esters is 2. The summed E-state index contributed by atoms with van der Waals surface area (Å²) >= 11 is 0. The molecule has 110 valence electrons. The largest absolute Gasteiger partial charge is 0.469 e. The van der Waals surface area contributed by atoms with Crippen LogP contribution in [0.15, 0.2) is 36.0 Å². The monoisotopic (exact) mass is 287 g/mol. The topological polar surface area (TPSA) is 57.5 Å². The number of hydrogen-bond donors (Lipinski definition) is 0. The van der Waals surface area contributed by atoms with Crippen molar-refractivity contribution < 1.29 is 19.1 Å². The molecule has 0 aliphatic carbocycles. The molecular weight excluding hydrogens is 270 g/mol. The Bertz CT molecular complexity index is 712. The van der Waals surface area contributed by atoms with Crippen LogP contribution in [-0.4, -0.2) is 30.7 Å². The van der Waals surface area contributed by atoms with Crippen LogP contribution in [0.4, 0.5) is 0 Å². The van der Waals surface area contributed by atoms with Crippen LogP contribution < -0.4 is 0 Å². The molecule has 21 heavy (non-hydrogen) atoms. The summed E-state index contributed by atoms with van der Waals surface area (Å²) < 4.78 is 11.3.